The molecule has 0 radical (unpaired) electrons. The van der Waals surface area contributed by atoms with Crippen molar-refractivity contribution >= 4 is 21.8 Å². The largest absolute Gasteiger partial charge is 0.345 e. The highest BCUT2D eigenvalue weighted by Crippen LogP contribution is 2.15. The van der Waals surface area contributed by atoms with Gasteiger partial charge in [0.25, 0.3) is 0 Å². The van der Waals surface area contributed by atoms with Gasteiger partial charge < -0.3 is 5.32 Å². The molecule has 0 heterocycles. The first-order chi connectivity index (χ1) is 6.74. The van der Waals surface area contributed by atoms with Crippen molar-refractivity contribution < 1.29 is 4.79 Å². The van der Waals surface area contributed by atoms with Crippen molar-refractivity contribution in [3.63, 3.8) is 0 Å². The molecule has 0 unspecified atom stereocenters. The molecule has 1 aromatic carbocycles. The van der Waals surface area contributed by atoms with Crippen LogP contribution in [0.15, 0.2) is 28.7 Å². The maximum Gasteiger partial charge on any atom is 0.225 e. The average molecular weight is 252 g/mol. The number of terminal acetylenes is 1. The summed E-state index contributed by atoms with van der Waals surface area (Å²) in [5.74, 6) is 2.30. The molecule has 1 amide bonds. The molecular weight excluding hydrogens is 242 g/mol. The van der Waals surface area contributed by atoms with Crippen LogP contribution in [0, 0.1) is 12.3 Å². The third kappa shape index (κ3) is 3.23. The molecule has 3 heteroatoms. The Balaban J connectivity index is 2.57. The lowest BCUT2D eigenvalue weighted by molar-refractivity contribution is -0.120. The van der Waals surface area contributed by atoms with E-state index in [-0.39, 0.29) is 12.5 Å². The fraction of sp³-hybridized carbons (Fsp3) is 0.182. The normalized spacial score (nSPS) is 9.14. The van der Waals surface area contributed by atoms with Gasteiger partial charge in [0.1, 0.15) is 0 Å². The van der Waals surface area contributed by atoms with Crippen molar-refractivity contribution in [2.75, 3.05) is 6.54 Å². The Labute approximate surface area is 91.8 Å². The average Bonchev–Trinajstić information content (AvgIpc) is 2.18. The molecular formula is C11H10BrNO. The van der Waals surface area contributed by atoms with Crippen LogP contribution >= 0.6 is 15.9 Å². The van der Waals surface area contributed by atoms with Gasteiger partial charge in [0, 0.05) is 4.47 Å². The van der Waals surface area contributed by atoms with Crippen LogP contribution in [-0.2, 0) is 11.2 Å². The predicted molar refractivity (Wildman–Crippen MR) is 59.7 cm³/mol. The number of benzene rings is 1. The van der Waals surface area contributed by atoms with E-state index in [4.69, 9.17) is 6.42 Å². The smallest absolute Gasteiger partial charge is 0.225 e. The van der Waals surface area contributed by atoms with E-state index < -0.39 is 0 Å². The molecule has 1 N–H and O–H groups in total. The number of hydrogen-bond acceptors (Lipinski definition) is 1. The van der Waals surface area contributed by atoms with Crippen LogP contribution < -0.4 is 5.32 Å². The highest BCUT2D eigenvalue weighted by Gasteiger charge is 2.04. The molecule has 72 valence electrons. The fourth-order valence-electron chi connectivity index (χ4n) is 1.03. The second kappa shape index (κ2) is 5.46. The first-order valence-corrected chi connectivity index (χ1v) is 4.97. The second-order valence-electron chi connectivity index (χ2n) is 2.75. The zero-order chi connectivity index (χ0) is 10.4. The van der Waals surface area contributed by atoms with Gasteiger partial charge in [-0.3, -0.25) is 4.79 Å². The maximum absolute atomic E-state index is 11.3. The third-order valence-electron chi connectivity index (χ3n) is 1.70. The summed E-state index contributed by atoms with van der Waals surface area (Å²) in [7, 11) is 0. The molecule has 0 aliphatic rings. The van der Waals surface area contributed by atoms with E-state index in [1.54, 1.807) is 0 Å². The summed E-state index contributed by atoms with van der Waals surface area (Å²) >= 11 is 3.37. The predicted octanol–water partition coefficient (Wildman–Crippen LogP) is 1.74. The minimum Gasteiger partial charge on any atom is -0.345 e. The van der Waals surface area contributed by atoms with E-state index in [0.29, 0.717) is 6.42 Å². The molecule has 14 heavy (non-hydrogen) atoms. The first kappa shape index (κ1) is 10.8. The number of rotatable bonds is 3. The van der Waals surface area contributed by atoms with Crippen LogP contribution in [0.5, 0.6) is 0 Å². The van der Waals surface area contributed by atoms with Gasteiger partial charge >= 0.3 is 0 Å². The number of nitrogens with one attached hydrogen (secondary N) is 1. The highest BCUT2D eigenvalue weighted by atomic mass is 79.9. The molecule has 0 aliphatic carbocycles. The first-order valence-electron chi connectivity index (χ1n) is 4.17. The molecule has 0 saturated carbocycles. The highest BCUT2D eigenvalue weighted by molar-refractivity contribution is 9.10. The van der Waals surface area contributed by atoms with Crippen LogP contribution in [0.4, 0.5) is 0 Å². The van der Waals surface area contributed by atoms with Crippen molar-refractivity contribution in [3.05, 3.63) is 34.3 Å². The zero-order valence-corrected chi connectivity index (χ0v) is 9.17. The van der Waals surface area contributed by atoms with Gasteiger partial charge in [-0.15, -0.1) is 6.42 Å². The molecule has 1 rings (SSSR count). The third-order valence-corrected chi connectivity index (χ3v) is 2.47. The molecule has 0 fully saturated rings. The Bertz CT molecular complexity index is 368. The van der Waals surface area contributed by atoms with Crippen molar-refractivity contribution in [2.24, 2.45) is 0 Å². The Morgan fingerprint density at radius 1 is 1.50 bits per heavy atom. The van der Waals surface area contributed by atoms with Gasteiger partial charge in [-0.05, 0) is 11.6 Å². The van der Waals surface area contributed by atoms with Crippen LogP contribution in [0.2, 0.25) is 0 Å². The van der Waals surface area contributed by atoms with Crippen LogP contribution in [0.25, 0.3) is 0 Å². The van der Waals surface area contributed by atoms with E-state index in [1.807, 2.05) is 24.3 Å². The van der Waals surface area contributed by atoms with Crippen molar-refractivity contribution in [3.8, 4) is 12.3 Å². The number of halogens is 1. The topological polar surface area (TPSA) is 29.1 Å². The summed E-state index contributed by atoms with van der Waals surface area (Å²) < 4.78 is 0.941. The van der Waals surface area contributed by atoms with Crippen LogP contribution in [0.3, 0.4) is 0 Å². The molecule has 2 nitrogen and oxygen atoms in total. The van der Waals surface area contributed by atoms with E-state index in [1.165, 1.54) is 0 Å². The van der Waals surface area contributed by atoms with Crippen LogP contribution in [0.1, 0.15) is 5.56 Å². The quantitative estimate of drug-likeness (QED) is 0.816. The van der Waals surface area contributed by atoms with Gasteiger partial charge in [0.15, 0.2) is 0 Å². The Kier molecular flexibility index (Phi) is 4.21. The molecule has 0 bridgehead atoms. The molecule has 0 aliphatic heterocycles. The minimum absolute atomic E-state index is 0.0603. The summed E-state index contributed by atoms with van der Waals surface area (Å²) in [4.78, 5) is 11.3. The zero-order valence-electron chi connectivity index (χ0n) is 7.59. The van der Waals surface area contributed by atoms with Gasteiger partial charge in [0.05, 0.1) is 13.0 Å². The molecule has 0 aromatic heterocycles. The van der Waals surface area contributed by atoms with Gasteiger partial charge in [0.2, 0.25) is 5.91 Å². The SMILES string of the molecule is C#CCNC(=O)Cc1ccccc1Br. The van der Waals surface area contributed by atoms with E-state index in [9.17, 15) is 4.79 Å². The lowest BCUT2D eigenvalue weighted by atomic mass is 10.1. The monoisotopic (exact) mass is 251 g/mol. The summed E-state index contributed by atoms with van der Waals surface area (Å²) in [5.41, 5.74) is 0.960. The van der Waals surface area contributed by atoms with E-state index in [0.717, 1.165) is 10.0 Å². The Hall–Kier alpha value is -1.27. The molecule has 0 spiro atoms. The summed E-state index contributed by atoms with van der Waals surface area (Å²) in [5, 5.41) is 2.61. The van der Waals surface area contributed by atoms with Crippen molar-refractivity contribution in [1.82, 2.24) is 5.32 Å². The van der Waals surface area contributed by atoms with E-state index >= 15 is 0 Å². The molecule has 0 atom stereocenters. The molecule has 1 aromatic rings. The maximum atomic E-state index is 11.3. The number of amides is 1. The second-order valence-corrected chi connectivity index (χ2v) is 3.60. The summed E-state index contributed by atoms with van der Waals surface area (Å²) in [6.07, 6.45) is 5.38. The fourth-order valence-corrected chi connectivity index (χ4v) is 1.45. The molecule has 0 saturated heterocycles. The van der Waals surface area contributed by atoms with E-state index in [2.05, 4.69) is 27.2 Å². The summed E-state index contributed by atoms with van der Waals surface area (Å²) in [6, 6.07) is 7.62. The van der Waals surface area contributed by atoms with Crippen molar-refractivity contribution in [2.45, 2.75) is 6.42 Å². The van der Waals surface area contributed by atoms with Gasteiger partial charge in [-0.1, -0.05) is 40.0 Å². The number of carbonyl (C=O) groups is 1. The lowest BCUT2D eigenvalue weighted by Gasteiger charge is -2.03. The number of hydrogen-bond donors (Lipinski definition) is 1. The van der Waals surface area contributed by atoms with Gasteiger partial charge in [-0.2, -0.15) is 0 Å². The summed E-state index contributed by atoms with van der Waals surface area (Å²) in [6.45, 7) is 0.281. The lowest BCUT2D eigenvalue weighted by Crippen LogP contribution is -2.25. The van der Waals surface area contributed by atoms with Gasteiger partial charge in [-0.25, -0.2) is 0 Å². The standard InChI is InChI=1S/C11H10BrNO/c1-2-7-13-11(14)8-9-5-3-4-6-10(9)12/h1,3-6H,7-8H2,(H,13,14). The van der Waals surface area contributed by atoms with Crippen LogP contribution in [-0.4, -0.2) is 12.5 Å². The minimum atomic E-state index is -0.0603. The Morgan fingerprint density at radius 2 is 2.21 bits per heavy atom. The Morgan fingerprint density at radius 3 is 2.86 bits per heavy atom. The number of carbonyl (C=O) groups excluding carboxylic acids is 1. The van der Waals surface area contributed by atoms with Crippen molar-refractivity contribution in [1.29, 1.82) is 0 Å².